The highest BCUT2D eigenvalue weighted by atomic mass is 31.2. The van der Waals surface area contributed by atoms with E-state index < -0.39 is 13.2 Å². The molecule has 4 aromatic rings. The molecular formula is C22H26N5O6P. The highest BCUT2D eigenvalue weighted by Crippen LogP contribution is 2.49. The zero-order chi connectivity index (χ0) is 24.1. The minimum atomic E-state index is -3.62. The lowest BCUT2D eigenvalue weighted by Gasteiger charge is -2.18. The van der Waals surface area contributed by atoms with Gasteiger partial charge in [0, 0.05) is 6.54 Å². The molecule has 0 saturated heterocycles. The SMILES string of the molecule is Cc1ccc(COP(=O)(COCCn2cnc3c(=O)[nH]c(N)nc32)OCc2ccc(C)o2)cc1. The molecule has 3 aromatic heterocycles. The molecule has 34 heavy (non-hydrogen) atoms. The average Bonchev–Trinajstić information content (AvgIpc) is 3.41. The average molecular weight is 487 g/mol. The molecule has 0 aliphatic carbocycles. The molecule has 0 saturated carbocycles. The molecule has 1 unspecified atom stereocenters. The van der Waals surface area contributed by atoms with Gasteiger partial charge in [-0.3, -0.25) is 18.9 Å². The van der Waals surface area contributed by atoms with Crippen molar-refractivity contribution in [2.75, 3.05) is 18.7 Å². The van der Waals surface area contributed by atoms with Crippen molar-refractivity contribution in [1.82, 2.24) is 19.5 Å². The second-order valence-electron chi connectivity index (χ2n) is 7.75. The fourth-order valence-electron chi connectivity index (χ4n) is 3.17. The number of furan rings is 1. The van der Waals surface area contributed by atoms with E-state index in [-0.39, 0.29) is 37.6 Å². The Labute approximate surface area is 195 Å². The number of H-pyrrole nitrogens is 1. The molecule has 0 aliphatic rings. The first-order chi connectivity index (χ1) is 16.3. The lowest BCUT2D eigenvalue weighted by molar-refractivity contribution is 0.114. The first kappa shape index (κ1) is 23.9. The Bertz CT molecular complexity index is 1360. The molecule has 3 heterocycles. The number of nitrogens with two attached hydrogens (primary N) is 1. The van der Waals surface area contributed by atoms with E-state index in [1.807, 2.05) is 38.1 Å². The van der Waals surface area contributed by atoms with Gasteiger partial charge in [-0.05, 0) is 31.5 Å². The van der Waals surface area contributed by atoms with Crippen molar-refractivity contribution in [2.45, 2.75) is 33.6 Å². The minimum absolute atomic E-state index is 0.00395. The summed E-state index contributed by atoms with van der Waals surface area (Å²) in [6, 6.07) is 11.3. The van der Waals surface area contributed by atoms with E-state index in [2.05, 4.69) is 15.0 Å². The lowest BCUT2D eigenvalue weighted by atomic mass is 10.2. The van der Waals surface area contributed by atoms with Gasteiger partial charge >= 0.3 is 7.60 Å². The molecule has 1 aromatic carbocycles. The van der Waals surface area contributed by atoms with E-state index in [1.165, 1.54) is 6.33 Å². The maximum Gasteiger partial charge on any atom is 0.356 e. The van der Waals surface area contributed by atoms with Crippen LogP contribution in [0.25, 0.3) is 11.2 Å². The van der Waals surface area contributed by atoms with E-state index in [0.29, 0.717) is 18.0 Å². The molecule has 4 rings (SSSR count). The van der Waals surface area contributed by atoms with Crippen LogP contribution in [-0.2, 0) is 38.1 Å². The maximum atomic E-state index is 13.4. The van der Waals surface area contributed by atoms with Crippen LogP contribution in [0.15, 0.2) is 51.9 Å². The highest BCUT2D eigenvalue weighted by molar-refractivity contribution is 7.53. The smallest absolute Gasteiger partial charge is 0.356 e. The number of aromatic amines is 1. The molecular weight excluding hydrogens is 461 g/mol. The number of aromatic nitrogens is 4. The van der Waals surface area contributed by atoms with Crippen LogP contribution < -0.4 is 11.3 Å². The van der Waals surface area contributed by atoms with Crippen molar-refractivity contribution in [3.63, 3.8) is 0 Å². The van der Waals surface area contributed by atoms with Crippen LogP contribution in [0.2, 0.25) is 0 Å². The van der Waals surface area contributed by atoms with Crippen molar-refractivity contribution < 1.29 is 22.8 Å². The number of aryl methyl sites for hydroxylation is 2. The molecule has 0 bridgehead atoms. The Kier molecular flexibility index (Phi) is 7.28. The number of imidazole rings is 1. The predicted octanol–water partition coefficient (Wildman–Crippen LogP) is 3.51. The summed E-state index contributed by atoms with van der Waals surface area (Å²) in [5, 5.41) is 0. The zero-order valence-electron chi connectivity index (χ0n) is 18.9. The van der Waals surface area contributed by atoms with Crippen molar-refractivity contribution in [1.29, 1.82) is 0 Å². The summed E-state index contributed by atoms with van der Waals surface area (Å²) in [5.41, 5.74) is 7.70. The van der Waals surface area contributed by atoms with E-state index in [4.69, 9.17) is 23.9 Å². The summed E-state index contributed by atoms with van der Waals surface area (Å²) >= 11 is 0. The third-order valence-corrected chi connectivity index (χ3v) is 6.51. The largest absolute Gasteiger partial charge is 0.464 e. The fourth-order valence-corrected chi connectivity index (χ4v) is 4.41. The summed E-state index contributed by atoms with van der Waals surface area (Å²) in [5.74, 6) is 1.26. The molecule has 0 amide bonds. The van der Waals surface area contributed by atoms with E-state index in [1.54, 1.807) is 16.7 Å². The standard InChI is InChI=1S/C22H26N5O6P/c1-15-3-6-17(7-4-15)11-31-34(29,32-12-18-8-5-16(2)33-18)14-30-10-9-27-13-24-19-20(27)25-22(23)26-21(19)28/h3-8,13H,9-12,14H2,1-2H3,(H3,23,25,26,28). The van der Waals surface area contributed by atoms with Crippen LogP contribution in [0.1, 0.15) is 22.6 Å². The normalized spacial score (nSPS) is 13.4. The maximum absolute atomic E-state index is 13.4. The first-order valence-electron chi connectivity index (χ1n) is 10.6. The number of fused-ring (bicyclic) bond motifs is 1. The van der Waals surface area contributed by atoms with E-state index in [9.17, 15) is 9.36 Å². The molecule has 0 spiro atoms. The van der Waals surface area contributed by atoms with Gasteiger partial charge in [-0.15, -0.1) is 0 Å². The topological polar surface area (TPSA) is 147 Å². The number of hydrogen-bond donors (Lipinski definition) is 2. The number of anilines is 1. The second-order valence-corrected chi connectivity index (χ2v) is 9.75. The summed E-state index contributed by atoms with van der Waals surface area (Å²) in [7, 11) is -3.62. The molecule has 3 N–H and O–H groups in total. The number of nitrogens with zero attached hydrogens (tertiary/aromatic N) is 3. The second kappa shape index (κ2) is 10.4. The van der Waals surface area contributed by atoms with Gasteiger partial charge in [0.25, 0.3) is 5.56 Å². The summed E-state index contributed by atoms with van der Waals surface area (Å²) in [6.45, 7) is 4.36. The Morgan fingerprint density at radius 1 is 1.12 bits per heavy atom. The Morgan fingerprint density at radius 2 is 1.88 bits per heavy atom. The van der Waals surface area contributed by atoms with Crippen LogP contribution >= 0.6 is 7.60 Å². The van der Waals surface area contributed by atoms with Crippen LogP contribution in [0.3, 0.4) is 0 Å². The molecule has 180 valence electrons. The Hall–Kier alpha value is -3.24. The number of rotatable bonds is 11. The number of ether oxygens (including phenoxy) is 1. The lowest BCUT2D eigenvalue weighted by Crippen LogP contribution is -2.13. The molecule has 0 fully saturated rings. The highest BCUT2D eigenvalue weighted by Gasteiger charge is 2.26. The third-order valence-electron chi connectivity index (χ3n) is 4.97. The third kappa shape index (κ3) is 6.00. The van der Waals surface area contributed by atoms with E-state index >= 15 is 0 Å². The summed E-state index contributed by atoms with van der Waals surface area (Å²) in [6.07, 6.45) is 1.21. The summed E-state index contributed by atoms with van der Waals surface area (Å²) in [4.78, 5) is 22.5. The van der Waals surface area contributed by atoms with Gasteiger partial charge in [-0.1, -0.05) is 29.8 Å². The van der Waals surface area contributed by atoms with Gasteiger partial charge in [-0.25, -0.2) is 4.98 Å². The molecule has 1 atom stereocenters. The molecule has 12 heteroatoms. The van der Waals surface area contributed by atoms with Crippen LogP contribution in [-0.4, -0.2) is 32.5 Å². The van der Waals surface area contributed by atoms with Crippen molar-refractivity contribution in [3.8, 4) is 0 Å². The molecule has 0 aliphatic heterocycles. The number of hydrogen-bond acceptors (Lipinski definition) is 9. The zero-order valence-corrected chi connectivity index (χ0v) is 19.8. The van der Waals surface area contributed by atoms with Crippen LogP contribution in [0.5, 0.6) is 0 Å². The predicted molar refractivity (Wildman–Crippen MR) is 125 cm³/mol. The van der Waals surface area contributed by atoms with Gasteiger partial charge in [-0.2, -0.15) is 4.98 Å². The Morgan fingerprint density at radius 3 is 2.62 bits per heavy atom. The van der Waals surface area contributed by atoms with Gasteiger partial charge in [0.2, 0.25) is 5.95 Å². The van der Waals surface area contributed by atoms with Crippen LogP contribution in [0.4, 0.5) is 5.95 Å². The molecule has 0 radical (unpaired) electrons. The Balaban J connectivity index is 1.38. The number of nitrogens with one attached hydrogen (secondary N) is 1. The number of benzene rings is 1. The molecule has 11 nitrogen and oxygen atoms in total. The van der Waals surface area contributed by atoms with Gasteiger partial charge < -0.3 is 24.0 Å². The first-order valence-corrected chi connectivity index (χ1v) is 12.3. The number of nitrogen functional groups attached to an aromatic ring is 1. The van der Waals surface area contributed by atoms with Gasteiger partial charge in [0.1, 0.15) is 24.5 Å². The van der Waals surface area contributed by atoms with E-state index in [0.717, 1.165) is 16.9 Å². The van der Waals surface area contributed by atoms with Crippen molar-refractivity contribution in [3.05, 3.63) is 75.7 Å². The van der Waals surface area contributed by atoms with Crippen molar-refractivity contribution >= 4 is 24.7 Å². The van der Waals surface area contributed by atoms with Gasteiger partial charge in [0.05, 0.1) is 19.5 Å². The fraction of sp³-hybridized carbons (Fsp3) is 0.318. The summed E-state index contributed by atoms with van der Waals surface area (Å²) < 4.78 is 37.5. The van der Waals surface area contributed by atoms with Crippen molar-refractivity contribution in [2.24, 2.45) is 0 Å². The monoisotopic (exact) mass is 487 g/mol. The van der Waals surface area contributed by atoms with Gasteiger partial charge in [0.15, 0.2) is 11.2 Å². The van der Waals surface area contributed by atoms with Crippen LogP contribution in [0, 0.1) is 13.8 Å². The quantitative estimate of drug-likeness (QED) is 0.239. The minimum Gasteiger partial charge on any atom is -0.464 e.